The number of hydrogen-bond donors (Lipinski definition) is 1. The first-order valence-electron chi connectivity index (χ1n) is 6.58. The lowest BCUT2D eigenvalue weighted by atomic mass is 10.1. The van der Waals surface area contributed by atoms with Gasteiger partial charge in [0.25, 0.3) is 0 Å². The highest BCUT2D eigenvalue weighted by atomic mass is 16.5. The van der Waals surface area contributed by atoms with Gasteiger partial charge in [0.2, 0.25) is 0 Å². The third kappa shape index (κ3) is 3.37. The second kappa shape index (κ2) is 7.07. The Hall–Kier alpha value is -1.85. The lowest BCUT2D eigenvalue weighted by Gasteiger charge is -2.05. The molecule has 20 heavy (non-hydrogen) atoms. The molecule has 0 fully saturated rings. The summed E-state index contributed by atoms with van der Waals surface area (Å²) < 4.78 is 15.9. The van der Waals surface area contributed by atoms with Crippen LogP contribution in [0.15, 0.2) is 28.8 Å². The molecule has 1 heterocycles. The fraction of sp³-hybridized carbons (Fsp3) is 0.400. The molecule has 0 unspecified atom stereocenters. The number of rotatable bonds is 7. The van der Waals surface area contributed by atoms with Crippen LogP contribution >= 0.6 is 0 Å². The Kier molecular flexibility index (Phi) is 5.15. The van der Waals surface area contributed by atoms with Crippen molar-refractivity contribution < 1.29 is 14.0 Å². The molecule has 2 rings (SSSR count). The van der Waals surface area contributed by atoms with Crippen molar-refractivity contribution in [3.05, 3.63) is 35.5 Å². The van der Waals surface area contributed by atoms with Crippen LogP contribution in [0.25, 0.3) is 11.3 Å². The minimum atomic E-state index is 0.545. The Bertz CT molecular complexity index is 535. The normalized spacial score (nSPS) is 10.8. The van der Waals surface area contributed by atoms with Crippen LogP contribution in [0.2, 0.25) is 0 Å². The monoisotopic (exact) mass is 276 g/mol. The number of nitrogens with one attached hydrogen (secondary N) is 1. The van der Waals surface area contributed by atoms with Crippen LogP contribution in [0.4, 0.5) is 0 Å². The van der Waals surface area contributed by atoms with E-state index in [-0.39, 0.29) is 0 Å². The summed E-state index contributed by atoms with van der Waals surface area (Å²) in [4.78, 5) is 0. The first-order chi connectivity index (χ1) is 9.76. The first-order valence-corrected chi connectivity index (χ1v) is 6.58. The van der Waals surface area contributed by atoms with Gasteiger partial charge in [0.1, 0.15) is 18.1 Å². The zero-order valence-corrected chi connectivity index (χ0v) is 12.1. The Morgan fingerprint density at radius 2 is 1.95 bits per heavy atom. The summed E-state index contributed by atoms with van der Waals surface area (Å²) in [5.41, 5.74) is 2.99. The van der Waals surface area contributed by atoms with Gasteiger partial charge in [-0.3, -0.25) is 0 Å². The maximum absolute atomic E-state index is 5.53. The molecule has 0 amide bonds. The Balaban J connectivity index is 2.09. The number of ether oxygens (including phenoxy) is 2. The van der Waals surface area contributed by atoms with Crippen molar-refractivity contribution >= 4 is 0 Å². The van der Waals surface area contributed by atoms with Crippen molar-refractivity contribution in [1.29, 1.82) is 0 Å². The second-order valence-corrected chi connectivity index (χ2v) is 4.48. The first kappa shape index (κ1) is 14.6. The summed E-state index contributed by atoms with van der Waals surface area (Å²) in [5.74, 6) is 1.62. The molecule has 0 saturated heterocycles. The Labute approximate surface area is 118 Å². The van der Waals surface area contributed by atoms with Crippen LogP contribution < -0.4 is 10.1 Å². The average Bonchev–Trinajstić information content (AvgIpc) is 2.82. The molecule has 0 spiro atoms. The van der Waals surface area contributed by atoms with E-state index in [0.29, 0.717) is 19.8 Å². The lowest BCUT2D eigenvalue weighted by molar-refractivity contribution is 0.146. The molecule has 0 atom stereocenters. The van der Waals surface area contributed by atoms with E-state index in [1.807, 2.05) is 38.2 Å². The van der Waals surface area contributed by atoms with Gasteiger partial charge in [0.05, 0.1) is 6.61 Å². The molecule has 5 nitrogen and oxygen atoms in total. The molecule has 0 aliphatic rings. The highest BCUT2D eigenvalue weighted by Gasteiger charge is 2.13. The highest BCUT2D eigenvalue weighted by Crippen LogP contribution is 2.27. The summed E-state index contributed by atoms with van der Waals surface area (Å²) in [5, 5.41) is 7.15. The van der Waals surface area contributed by atoms with Crippen molar-refractivity contribution in [2.24, 2.45) is 0 Å². The smallest absolute Gasteiger partial charge is 0.170 e. The van der Waals surface area contributed by atoms with E-state index < -0.39 is 0 Å². The SMILES string of the molecule is CNCc1noc(-c2ccc(OCCOC)cc2)c1C. The summed E-state index contributed by atoms with van der Waals surface area (Å²) >= 11 is 0. The quantitative estimate of drug-likeness (QED) is 0.787. The average molecular weight is 276 g/mol. The summed E-state index contributed by atoms with van der Waals surface area (Å²) in [6, 6.07) is 7.78. The van der Waals surface area contributed by atoms with Crippen LogP contribution in [0.1, 0.15) is 11.3 Å². The van der Waals surface area contributed by atoms with E-state index in [9.17, 15) is 0 Å². The molecular formula is C15H20N2O3. The van der Waals surface area contributed by atoms with Gasteiger partial charge in [-0.25, -0.2) is 0 Å². The van der Waals surface area contributed by atoms with E-state index in [1.165, 1.54) is 0 Å². The van der Waals surface area contributed by atoms with Crippen molar-refractivity contribution in [1.82, 2.24) is 10.5 Å². The van der Waals surface area contributed by atoms with E-state index in [2.05, 4.69) is 10.5 Å². The van der Waals surface area contributed by atoms with Crippen LogP contribution in [-0.4, -0.2) is 32.5 Å². The Morgan fingerprint density at radius 3 is 2.60 bits per heavy atom. The van der Waals surface area contributed by atoms with Crippen LogP contribution in [0.3, 0.4) is 0 Å². The van der Waals surface area contributed by atoms with Gasteiger partial charge in [0.15, 0.2) is 5.76 Å². The van der Waals surface area contributed by atoms with Crippen molar-refractivity contribution in [2.75, 3.05) is 27.4 Å². The molecule has 1 aromatic heterocycles. The van der Waals surface area contributed by atoms with Gasteiger partial charge in [-0.05, 0) is 38.2 Å². The zero-order valence-electron chi connectivity index (χ0n) is 12.1. The number of nitrogens with zero attached hydrogens (tertiary/aromatic N) is 1. The van der Waals surface area contributed by atoms with Crippen molar-refractivity contribution in [3.8, 4) is 17.1 Å². The number of methoxy groups -OCH3 is 1. The molecule has 1 N–H and O–H groups in total. The number of aromatic nitrogens is 1. The van der Waals surface area contributed by atoms with E-state index in [4.69, 9.17) is 14.0 Å². The van der Waals surface area contributed by atoms with Gasteiger partial charge >= 0.3 is 0 Å². The molecular weight excluding hydrogens is 256 g/mol. The fourth-order valence-electron chi connectivity index (χ4n) is 1.92. The molecule has 0 bridgehead atoms. The summed E-state index contributed by atoms with van der Waals surface area (Å²) in [7, 11) is 3.54. The summed E-state index contributed by atoms with van der Waals surface area (Å²) in [6.07, 6.45) is 0. The van der Waals surface area contributed by atoms with E-state index >= 15 is 0 Å². The standard InChI is InChI=1S/C15H20N2O3/c1-11-14(10-16-2)17-20-15(11)12-4-6-13(7-5-12)19-9-8-18-3/h4-7,16H,8-10H2,1-3H3. The van der Waals surface area contributed by atoms with E-state index in [1.54, 1.807) is 7.11 Å². The van der Waals surface area contributed by atoms with Gasteiger partial charge in [-0.1, -0.05) is 5.16 Å². The van der Waals surface area contributed by atoms with Gasteiger partial charge in [0, 0.05) is 24.8 Å². The largest absolute Gasteiger partial charge is 0.491 e. The van der Waals surface area contributed by atoms with E-state index in [0.717, 1.165) is 28.3 Å². The Morgan fingerprint density at radius 1 is 1.20 bits per heavy atom. The van der Waals surface area contributed by atoms with Crippen LogP contribution in [0, 0.1) is 6.92 Å². The molecule has 108 valence electrons. The molecule has 5 heteroatoms. The van der Waals surface area contributed by atoms with Gasteiger partial charge in [-0.2, -0.15) is 0 Å². The predicted molar refractivity (Wildman–Crippen MR) is 76.8 cm³/mol. The van der Waals surface area contributed by atoms with Crippen molar-refractivity contribution in [3.63, 3.8) is 0 Å². The molecule has 0 saturated carbocycles. The van der Waals surface area contributed by atoms with Crippen LogP contribution in [-0.2, 0) is 11.3 Å². The second-order valence-electron chi connectivity index (χ2n) is 4.48. The third-order valence-electron chi connectivity index (χ3n) is 3.04. The molecule has 1 aromatic carbocycles. The molecule has 0 aliphatic carbocycles. The third-order valence-corrected chi connectivity index (χ3v) is 3.04. The predicted octanol–water partition coefficient (Wildman–Crippen LogP) is 2.39. The number of benzene rings is 1. The maximum atomic E-state index is 5.53. The fourth-order valence-corrected chi connectivity index (χ4v) is 1.92. The van der Waals surface area contributed by atoms with Gasteiger partial charge in [-0.15, -0.1) is 0 Å². The molecule has 0 radical (unpaired) electrons. The minimum Gasteiger partial charge on any atom is -0.491 e. The number of hydrogen-bond acceptors (Lipinski definition) is 5. The highest BCUT2D eigenvalue weighted by molar-refractivity contribution is 5.62. The van der Waals surface area contributed by atoms with Gasteiger partial charge < -0.3 is 19.3 Å². The summed E-state index contributed by atoms with van der Waals surface area (Å²) in [6.45, 7) is 3.84. The van der Waals surface area contributed by atoms with Crippen LogP contribution in [0.5, 0.6) is 5.75 Å². The zero-order chi connectivity index (χ0) is 14.4. The molecule has 0 aliphatic heterocycles. The maximum Gasteiger partial charge on any atom is 0.170 e. The lowest BCUT2D eigenvalue weighted by Crippen LogP contribution is -2.06. The topological polar surface area (TPSA) is 56.5 Å². The molecule has 2 aromatic rings. The van der Waals surface area contributed by atoms with Crippen molar-refractivity contribution in [2.45, 2.75) is 13.5 Å². The minimum absolute atomic E-state index is 0.545.